The number of ether oxygens (including phenoxy) is 1. The molecular formula is C48H52F2N8O5. The zero-order chi connectivity index (χ0) is 44.4. The van der Waals surface area contributed by atoms with E-state index in [0.717, 1.165) is 37.9 Å². The predicted molar refractivity (Wildman–Crippen MR) is 232 cm³/mol. The van der Waals surface area contributed by atoms with E-state index in [2.05, 4.69) is 26.6 Å². The first-order valence-corrected chi connectivity index (χ1v) is 21.9. The number of nitrogens with zero attached hydrogens (tertiary/aromatic N) is 6. The molecule has 4 amide bonds. The van der Waals surface area contributed by atoms with Gasteiger partial charge in [-0.15, -0.1) is 0 Å². The van der Waals surface area contributed by atoms with Crippen molar-refractivity contribution in [2.75, 3.05) is 55.6 Å². The molecule has 0 bridgehead atoms. The standard InChI is InChI=1S/C48H52F2N8O5/c1-47(2)45(48(3,4)46(47)63-39-11-8-30(25-51)41-32(39)6-5-15-52-41)54-42(60)29-7-9-36(34(49)22-29)56-16-13-28(14-17-56)26-55-18-20-57(21-19-55)38-24-33-31(23-35(38)50)27-58(44(33)62)37-10-12-40(59)53-43(37)61/h5-9,11,15,22-24,28,37,45-46H,10,12-14,16-21,26-27H2,1-4H3,(H,54,60)(H,53,59,61). The number of piperidine rings is 2. The Morgan fingerprint density at radius 2 is 1.62 bits per heavy atom. The van der Waals surface area contributed by atoms with Crippen LogP contribution in [0.5, 0.6) is 5.75 Å². The van der Waals surface area contributed by atoms with Crippen LogP contribution in [0.4, 0.5) is 20.2 Å². The third kappa shape index (κ3) is 7.62. The van der Waals surface area contributed by atoms with Crippen molar-refractivity contribution in [3.8, 4) is 11.8 Å². The molecule has 15 heteroatoms. The van der Waals surface area contributed by atoms with Crippen LogP contribution in [-0.2, 0) is 16.1 Å². The van der Waals surface area contributed by atoms with Crippen LogP contribution in [0.2, 0.25) is 0 Å². The van der Waals surface area contributed by atoms with Gasteiger partial charge in [-0.1, -0.05) is 27.7 Å². The van der Waals surface area contributed by atoms with Crippen LogP contribution in [0.1, 0.15) is 85.2 Å². The lowest BCUT2D eigenvalue weighted by atomic mass is 9.49. The molecule has 5 heterocycles. The van der Waals surface area contributed by atoms with Crippen molar-refractivity contribution < 1.29 is 32.7 Å². The number of nitriles is 1. The molecule has 3 aromatic carbocycles. The summed E-state index contributed by atoms with van der Waals surface area (Å²) < 4.78 is 37.9. The molecule has 1 unspecified atom stereocenters. The van der Waals surface area contributed by atoms with Crippen molar-refractivity contribution in [3.05, 3.63) is 94.7 Å². The lowest BCUT2D eigenvalue weighted by molar-refractivity contribution is -0.163. The maximum Gasteiger partial charge on any atom is 0.255 e. The molecule has 1 atom stereocenters. The van der Waals surface area contributed by atoms with E-state index in [1.165, 1.54) is 17.0 Å². The van der Waals surface area contributed by atoms with Crippen molar-refractivity contribution in [1.82, 2.24) is 25.4 Å². The Morgan fingerprint density at radius 3 is 2.32 bits per heavy atom. The summed E-state index contributed by atoms with van der Waals surface area (Å²) in [6, 6.07) is 16.1. The first kappa shape index (κ1) is 42.2. The molecule has 1 saturated carbocycles. The molecule has 0 spiro atoms. The van der Waals surface area contributed by atoms with Gasteiger partial charge in [0.25, 0.3) is 11.8 Å². The van der Waals surface area contributed by atoms with E-state index in [0.29, 0.717) is 71.4 Å². The number of carbonyl (C=O) groups excluding carboxylic acids is 4. The second-order valence-corrected chi connectivity index (χ2v) is 18.9. The second-order valence-electron chi connectivity index (χ2n) is 18.9. The van der Waals surface area contributed by atoms with E-state index in [-0.39, 0.29) is 54.8 Å². The fourth-order valence-electron chi connectivity index (χ4n) is 11.1. The van der Waals surface area contributed by atoms with Crippen LogP contribution >= 0.6 is 0 Å². The number of carbonyl (C=O) groups is 4. The maximum absolute atomic E-state index is 15.8. The van der Waals surface area contributed by atoms with Crippen LogP contribution in [0.25, 0.3) is 10.9 Å². The first-order chi connectivity index (χ1) is 30.1. The fraction of sp³-hybridized carbons (Fsp3) is 0.458. The number of amides is 4. The highest BCUT2D eigenvalue weighted by Crippen LogP contribution is 2.56. The average molecular weight is 859 g/mol. The molecule has 4 fully saturated rings. The third-order valence-electron chi connectivity index (χ3n) is 14.2. The molecule has 0 radical (unpaired) electrons. The number of piperazine rings is 1. The minimum atomic E-state index is -0.749. The predicted octanol–water partition coefficient (Wildman–Crippen LogP) is 5.80. The van der Waals surface area contributed by atoms with E-state index in [1.54, 1.807) is 36.5 Å². The van der Waals surface area contributed by atoms with Crippen LogP contribution in [0, 0.1) is 39.7 Å². The molecular weight excluding hydrogens is 807 g/mol. The number of rotatable bonds is 9. The highest BCUT2D eigenvalue weighted by atomic mass is 19.1. The van der Waals surface area contributed by atoms with E-state index in [4.69, 9.17) is 4.74 Å². The van der Waals surface area contributed by atoms with Crippen molar-refractivity contribution in [1.29, 1.82) is 5.26 Å². The number of nitrogens with one attached hydrogen (secondary N) is 2. The molecule has 13 nitrogen and oxygen atoms in total. The molecule has 4 aromatic rings. The minimum absolute atomic E-state index is 0.134. The highest BCUT2D eigenvalue weighted by Gasteiger charge is 2.64. The zero-order valence-corrected chi connectivity index (χ0v) is 36.0. The number of anilines is 2. The Balaban J connectivity index is 0.756. The van der Waals surface area contributed by atoms with Gasteiger partial charge >= 0.3 is 0 Å². The number of halogens is 2. The van der Waals surface area contributed by atoms with Crippen LogP contribution in [0.3, 0.4) is 0 Å². The highest BCUT2D eigenvalue weighted by molar-refractivity contribution is 6.05. The van der Waals surface area contributed by atoms with E-state index in [1.807, 2.05) is 49.6 Å². The SMILES string of the molecule is CC1(C)C(NC(=O)c2ccc(N3CCC(CN4CCN(c5cc6c(cc5F)CN(C5CCC(=O)NC5=O)C6=O)CC4)CC3)c(F)c2)C(C)(C)C1Oc1ccc(C#N)c2ncccc12. The normalized spacial score (nSPS) is 23.5. The molecule has 9 rings (SSSR count). The number of hydrogen-bond donors (Lipinski definition) is 2. The Kier molecular flexibility index (Phi) is 10.8. The van der Waals surface area contributed by atoms with Crippen LogP contribution in [0.15, 0.2) is 60.8 Å². The quantitative estimate of drug-likeness (QED) is 0.198. The summed E-state index contributed by atoms with van der Waals surface area (Å²) in [5.74, 6) is -1.30. The van der Waals surface area contributed by atoms with Crippen molar-refractivity contribution >= 4 is 45.9 Å². The third-order valence-corrected chi connectivity index (χ3v) is 14.2. The Morgan fingerprint density at radius 1 is 0.905 bits per heavy atom. The number of fused-ring (bicyclic) bond motifs is 2. The summed E-state index contributed by atoms with van der Waals surface area (Å²) in [7, 11) is 0. The fourth-order valence-corrected chi connectivity index (χ4v) is 11.1. The molecule has 328 valence electrons. The lowest BCUT2D eigenvalue weighted by Crippen LogP contribution is -2.74. The van der Waals surface area contributed by atoms with E-state index in [9.17, 15) is 24.4 Å². The maximum atomic E-state index is 15.8. The van der Waals surface area contributed by atoms with Crippen LogP contribution in [-0.4, -0.2) is 102 Å². The Bertz CT molecular complexity index is 2540. The number of hydrogen-bond acceptors (Lipinski definition) is 10. The Labute approximate surface area is 365 Å². The lowest BCUT2D eigenvalue weighted by Gasteiger charge is -2.63. The van der Waals surface area contributed by atoms with E-state index < -0.39 is 34.4 Å². The molecule has 1 aromatic heterocycles. The average Bonchev–Trinajstić information content (AvgIpc) is 3.58. The summed E-state index contributed by atoms with van der Waals surface area (Å²) in [4.78, 5) is 63.3. The van der Waals surface area contributed by atoms with Gasteiger partial charge in [0.2, 0.25) is 11.8 Å². The summed E-state index contributed by atoms with van der Waals surface area (Å²) in [5.41, 5.74) is 2.18. The summed E-state index contributed by atoms with van der Waals surface area (Å²) >= 11 is 0. The van der Waals surface area contributed by atoms with Gasteiger partial charge in [0.1, 0.15) is 35.6 Å². The molecule has 1 aliphatic carbocycles. The molecule has 63 heavy (non-hydrogen) atoms. The van der Waals surface area contributed by atoms with Crippen molar-refractivity contribution in [2.24, 2.45) is 16.7 Å². The van der Waals surface area contributed by atoms with Gasteiger partial charge in [-0.2, -0.15) is 5.26 Å². The Hall–Kier alpha value is -6.14. The number of benzene rings is 3. The van der Waals surface area contributed by atoms with Crippen molar-refractivity contribution in [3.63, 3.8) is 0 Å². The first-order valence-electron chi connectivity index (χ1n) is 21.9. The summed E-state index contributed by atoms with van der Waals surface area (Å²) in [6.45, 7) is 13.3. The second kappa shape index (κ2) is 16.2. The topological polar surface area (TPSA) is 151 Å². The largest absolute Gasteiger partial charge is 0.488 e. The number of imide groups is 1. The molecule has 5 aliphatic rings. The van der Waals surface area contributed by atoms with Gasteiger partial charge in [0.15, 0.2) is 0 Å². The van der Waals surface area contributed by atoms with Crippen molar-refractivity contribution in [2.45, 2.75) is 78.1 Å². The molecule has 4 aliphatic heterocycles. The minimum Gasteiger partial charge on any atom is -0.488 e. The van der Waals surface area contributed by atoms with Gasteiger partial charge < -0.3 is 24.8 Å². The monoisotopic (exact) mass is 858 g/mol. The van der Waals surface area contributed by atoms with Gasteiger partial charge in [-0.3, -0.25) is 34.4 Å². The number of pyridine rings is 1. The smallest absolute Gasteiger partial charge is 0.255 e. The molecule has 3 saturated heterocycles. The summed E-state index contributed by atoms with van der Waals surface area (Å²) in [5, 5.41) is 15.8. The summed E-state index contributed by atoms with van der Waals surface area (Å²) in [6.07, 6.45) is 3.57. The number of aromatic nitrogens is 1. The van der Waals surface area contributed by atoms with Gasteiger partial charge in [0, 0.05) is 98.4 Å². The molecule has 2 N–H and O–H groups in total. The van der Waals surface area contributed by atoms with E-state index >= 15 is 8.78 Å². The van der Waals surface area contributed by atoms with Gasteiger partial charge in [0.05, 0.1) is 22.5 Å². The zero-order valence-electron chi connectivity index (χ0n) is 36.0. The van der Waals surface area contributed by atoms with Gasteiger partial charge in [-0.05, 0) is 85.3 Å². The van der Waals surface area contributed by atoms with Crippen LogP contribution < -0.4 is 25.2 Å². The van der Waals surface area contributed by atoms with Gasteiger partial charge in [-0.25, -0.2) is 8.78 Å².